The number of nitrogens with zero attached hydrogens (tertiary/aromatic N) is 3. The van der Waals surface area contributed by atoms with E-state index in [4.69, 9.17) is 0 Å². The van der Waals surface area contributed by atoms with Gasteiger partial charge in [-0.15, -0.1) is 0 Å². The van der Waals surface area contributed by atoms with Crippen molar-refractivity contribution in [3.05, 3.63) is 77.4 Å². The van der Waals surface area contributed by atoms with Crippen LogP contribution in [0.4, 0.5) is 13.2 Å². The highest BCUT2D eigenvalue weighted by molar-refractivity contribution is 5.70. The lowest BCUT2D eigenvalue weighted by Gasteiger charge is -2.32. The predicted molar refractivity (Wildman–Crippen MR) is 108 cm³/mol. The van der Waals surface area contributed by atoms with E-state index >= 15 is 0 Å². The molecule has 2 aliphatic rings. The van der Waals surface area contributed by atoms with Crippen LogP contribution in [0.1, 0.15) is 54.8 Å². The van der Waals surface area contributed by atoms with E-state index in [9.17, 15) is 18.3 Å². The Morgan fingerprint density at radius 3 is 2.47 bits per heavy atom. The zero-order chi connectivity index (χ0) is 21.1. The van der Waals surface area contributed by atoms with E-state index in [0.29, 0.717) is 29.7 Å². The van der Waals surface area contributed by atoms with Crippen LogP contribution >= 0.6 is 0 Å². The minimum atomic E-state index is -4.40. The zero-order valence-electron chi connectivity index (χ0n) is 16.5. The Labute approximate surface area is 173 Å². The summed E-state index contributed by atoms with van der Waals surface area (Å²) < 4.78 is 39.7. The maximum Gasteiger partial charge on any atom is 0.416 e. The van der Waals surface area contributed by atoms with Crippen molar-refractivity contribution < 1.29 is 18.3 Å². The fraction of sp³-hybridized carbons (Fsp3) is 0.391. The Kier molecular flexibility index (Phi) is 6.01. The zero-order valence-corrected chi connectivity index (χ0v) is 16.5. The maximum atomic E-state index is 13.2. The van der Waals surface area contributed by atoms with Crippen LogP contribution in [0, 0.1) is 0 Å². The average Bonchev–Trinajstić information content (AvgIpc) is 3.28. The molecule has 3 heterocycles. The number of halogens is 3. The molecule has 0 aromatic carbocycles. The van der Waals surface area contributed by atoms with Crippen LogP contribution in [-0.4, -0.2) is 39.2 Å². The number of pyridine rings is 2. The highest BCUT2D eigenvalue weighted by Gasteiger charge is 2.36. The summed E-state index contributed by atoms with van der Waals surface area (Å²) in [6, 6.07) is 8.68. The fourth-order valence-electron chi connectivity index (χ4n) is 4.30. The minimum absolute atomic E-state index is 0.294. The van der Waals surface area contributed by atoms with E-state index in [0.717, 1.165) is 37.7 Å². The van der Waals surface area contributed by atoms with Crippen molar-refractivity contribution in [2.75, 3.05) is 13.1 Å². The van der Waals surface area contributed by atoms with Crippen molar-refractivity contribution in [1.29, 1.82) is 0 Å². The lowest BCUT2D eigenvalue weighted by atomic mass is 9.90. The van der Waals surface area contributed by atoms with Crippen molar-refractivity contribution in [3.8, 4) is 0 Å². The van der Waals surface area contributed by atoms with Crippen LogP contribution in [-0.2, 0) is 0 Å². The van der Waals surface area contributed by atoms with Crippen LogP contribution in [0.15, 0.2) is 60.5 Å². The molecule has 4 nitrogen and oxygen atoms in total. The maximum absolute atomic E-state index is 13.2. The largest absolute Gasteiger partial charge is 0.416 e. The summed E-state index contributed by atoms with van der Waals surface area (Å²) in [6.45, 7) is 1.69. The number of rotatable bonds is 5. The molecule has 2 aromatic rings. The molecular weight excluding hydrogens is 391 g/mol. The Morgan fingerprint density at radius 1 is 1.00 bits per heavy atom. The molecule has 0 unspecified atom stereocenters. The molecule has 1 N–H and O–H groups in total. The smallest absolute Gasteiger partial charge is 0.386 e. The van der Waals surface area contributed by atoms with Gasteiger partial charge in [-0.2, -0.15) is 13.2 Å². The molecular formula is C23H24F3N3O. The number of aromatic nitrogens is 2. The number of likely N-dealkylation sites (tertiary alicyclic amines) is 1. The lowest BCUT2D eigenvalue weighted by molar-refractivity contribution is -0.0885. The first-order chi connectivity index (χ1) is 14.4. The van der Waals surface area contributed by atoms with Gasteiger partial charge in [0.15, 0.2) is 0 Å². The highest BCUT2D eigenvalue weighted by Crippen LogP contribution is 2.40. The second kappa shape index (κ2) is 8.70. The van der Waals surface area contributed by atoms with Crippen LogP contribution in [0.25, 0.3) is 5.57 Å². The van der Waals surface area contributed by atoms with E-state index < -0.39 is 17.9 Å². The number of alkyl halides is 3. The Bertz CT molecular complexity index is 934. The number of allylic oxidation sites excluding steroid dienone is 4. The fourth-order valence-corrected chi connectivity index (χ4v) is 4.30. The van der Waals surface area contributed by atoms with Gasteiger partial charge in [-0.05, 0) is 68.6 Å². The van der Waals surface area contributed by atoms with E-state index in [1.807, 2.05) is 18.2 Å². The summed E-state index contributed by atoms with van der Waals surface area (Å²) in [5, 5.41) is 11.4. The molecule has 30 heavy (non-hydrogen) atoms. The SMILES string of the molecule is O[C@H](c1cccnc1C1=CC(C(F)(F)F)=CCC1)[C@H](c1ccccn1)N1CCCC1. The Hall–Kier alpha value is -2.51. The normalized spacial score (nSPS) is 19.9. The van der Waals surface area contributed by atoms with Gasteiger partial charge in [0, 0.05) is 18.0 Å². The van der Waals surface area contributed by atoms with Gasteiger partial charge in [0.1, 0.15) is 6.10 Å². The first-order valence-corrected chi connectivity index (χ1v) is 10.2. The standard InChI is InChI=1S/C23H24F3N3O/c24-23(25,26)17-8-5-7-16(15-17)20-18(9-6-12-28-20)22(30)21(29-13-3-4-14-29)19-10-1-2-11-27-19/h1-2,6,8-12,15,21-22,30H,3-5,7,13-14H2/t21-,22+/m0/s1. The van der Waals surface area contributed by atoms with Gasteiger partial charge in [-0.1, -0.05) is 18.2 Å². The molecule has 1 saturated heterocycles. The van der Waals surface area contributed by atoms with Gasteiger partial charge in [0.2, 0.25) is 0 Å². The van der Waals surface area contributed by atoms with Crippen molar-refractivity contribution in [3.63, 3.8) is 0 Å². The molecule has 0 radical (unpaired) electrons. The van der Waals surface area contributed by atoms with Gasteiger partial charge in [-0.3, -0.25) is 14.9 Å². The van der Waals surface area contributed by atoms with E-state index in [2.05, 4.69) is 14.9 Å². The molecule has 0 spiro atoms. The summed E-state index contributed by atoms with van der Waals surface area (Å²) in [5.74, 6) is 0. The lowest BCUT2D eigenvalue weighted by Crippen LogP contribution is -2.31. The third-order valence-electron chi connectivity index (χ3n) is 5.72. The molecule has 1 aliphatic carbocycles. The van der Waals surface area contributed by atoms with Crippen molar-refractivity contribution >= 4 is 5.57 Å². The van der Waals surface area contributed by atoms with Crippen molar-refractivity contribution in [2.45, 2.75) is 44.0 Å². The van der Waals surface area contributed by atoms with Crippen molar-refractivity contribution in [1.82, 2.24) is 14.9 Å². The first kappa shape index (κ1) is 20.8. The monoisotopic (exact) mass is 415 g/mol. The van der Waals surface area contributed by atoms with Gasteiger partial charge >= 0.3 is 6.18 Å². The van der Waals surface area contributed by atoms with Crippen LogP contribution in [0.5, 0.6) is 0 Å². The summed E-state index contributed by atoms with van der Waals surface area (Å²) >= 11 is 0. The molecule has 2 atom stereocenters. The third kappa shape index (κ3) is 4.32. The summed E-state index contributed by atoms with van der Waals surface area (Å²) in [5.41, 5.74) is 1.56. The molecule has 158 valence electrons. The Balaban J connectivity index is 1.73. The van der Waals surface area contributed by atoms with E-state index in [1.54, 1.807) is 24.5 Å². The molecule has 2 aromatic heterocycles. The molecule has 1 fully saturated rings. The molecule has 1 aliphatic heterocycles. The van der Waals surface area contributed by atoms with Crippen LogP contribution in [0.3, 0.4) is 0 Å². The summed E-state index contributed by atoms with van der Waals surface area (Å²) in [7, 11) is 0. The van der Waals surface area contributed by atoms with Crippen LogP contribution in [0.2, 0.25) is 0 Å². The van der Waals surface area contributed by atoms with Crippen molar-refractivity contribution in [2.24, 2.45) is 0 Å². The minimum Gasteiger partial charge on any atom is -0.386 e. The van der Waals surface area contributed by atoms with E-state index in [-0.39, 0.29) is 6.04 Å². The van der Waals surface area contributed by atoms with Crippen LogP contribution < -0.4 is 0 Å². The van der Waals surface area contributed by atoms with E-state index in [1.165, 1.54) is 6.08 Å². The van der Waals surface area contributed by atoms with Gasteiger partial charge in [0.25, 0.3) is 0 Å². The van der Waals surface area contributed by atoms with Gasteiger partial charge in [0.05, 0.1) is 23.0 Å². The summed E-state index contributed by atoms with van der Waals surface area (Å²) in [4.78, 5) is 11.0. The topological polar surface area (TPSA) is 49.3 Å². The Morgan fingerprint density at radius 2 is 1.77 bits per heavy atom. The van der Waals surface area contributed by atoms with Gasteiger partial charge < -0.3 is 5.11 Å². The molecule has 7 heteroatoms. The summed E-state index contributed by atoms with van der Waals surface area (Å²) in [6.07, 6.45) is 3.10. The average molecular weight is 415 g/mol. The molecule has 0 bridgehead atoms. The number of aliphatic hydroxyl groups excluding tert-OH is 1. The quantitative estimate of drug-likeness (QED) is 0.746. The second-order valence-electron chi connectivity index (χ2n) is 7.69. The van der Waals surface area contributed by atoms with Gasteiger partial charge in [-0.25, -0.2) is 0 Å². The molecule has 0 amide bonds. The molecule has 0 saturated carbocycles. The number of hydrogen-bond donors (Lipinski definition) is 1. The second-order valence-corrected chi connectivity index (χ2v) is 7.69. The first-order valence-electron chi connectivity index (χ1n) is 10.2. The third-order valence-corrected chi connectivity index (χ3v) is 5.72. The highest BCUT2D eigenvalue weighted by atomic mass is 19.4. The number of hydrogen-bond acceptors (Lipinski definition) is 4. The number of aliphatic hydroxyl groups is 1. The predicted octanol–water partition coefficient (Wildman–Crippen LogP) is 5.01. The molecule has 4 rings (SSSR count).